The molecule has 0 saturated heterocycles. The number of aliphatic hydroxyl groups excluding tert-OH is 1. The van der Waals surface area contributed by atoms with Crippen LogP contribution in [-0.4, -0.2) is 16.7 Å². The van der Waals surface area contributed by atoms with Gasteiger partial charge in [0, 0.05) is 17.7 Å². The van der Waals surface area contributed by atoms with Gasteiger partial charge >= 0.3 is 0 Å². The monoisotopic (exact) mass is 305 g/mol. The number of rotatable bonds is 6. The Labute approximate surface area is 128 Å². The molecule has 0 spiro atoms. The first-order chi connectivity index (χ1) is 10.1. The van der Waals surface area contributed by atoms with Crippen molar-refractivity contribution in [1.82, 2.24) is 0 Å². The van der Waals surface area contributed by atoms with Crippen molar-refractivity contribution in [2.75, 3.05) is 6.61 Å². The molecule has 2 rings (SSSR count). The maximum Gasteiger partial charge on any atom is 0.139 e. The fourth-order valence-corrected chi connectivity index (χ4v) is 2.08. The number of hydrogen-bond donors (Lipinski definition) is 2. The molecule has 0 saturated carbocycles. The fourth-order valence-electron chi connectivity index (χ4n) is 1.92. The molecule has 0 aliphatic heterocycles. The molecule has 3 N–H and O–H groups in total. The van der Waals surface area contributed by atoms with Gasteiger partial charge in [0.15, 0.2) is 0 Å². The molecule has 21 heavy (non-hydrogen) atoms. The van der Waals surface area contributed by atoms with Crippen LogP contribution in [0, 0.1) is 5.82 Å². The molecule has 0 aromatic heterocycles. The largest absolute Gasteiger partial charge is 0.489 e. The summed E-state index contributed by atoms with van der Waals surface area (Å²) in [5.74, 6) is 0.193. The predicted molar refractivity (Wildman–Crippen MR) is 83.9 cm³/mol. The molecule has 0 heterocycles. The molecule has 0 bridgehead atoms. The molecule has 110 valence electrons. The first-order valence-corrected chi connectivity index (χ1v) is 6.92. The lowest BCUT2D eigenvalue weighted by atomic mass is 10.1. The quantitative estimate of drug-likeness (QED) is 0.805. The molecule has 2 aromatic carbocycles. The van der Waals surface area contributed by atoms with E-state index in [1.165, 1.54) is 0 Å². The van der Waals surface area contributed by atoms with Gasteiger partial charge in [0.05, 0.1) is 0 Å². The van der Waals surface area contributed by atoms with Crippen LogP contribution in [0.15, 0.2) is 42.5 Å². The van der Waals surface area contributed by atoms with Crippen molar-refractivity contribution in [2.45, 2.75) is 13.0 Å². The molecule has 0 atom stereocenters. The Morgan fingerprint density at radius 3 is 2.52 bits per heavy atom. The molecule has 2 aromatic rings. The molecule has 0 unspecified atom stereocenters. The van der Waals surface area contributed by atoms with Crippen LogP contribution in [-0.2, 0) is 13.0 Å². The van der Waals surface area contributed by atoms with Crippen LogP contribution in [0.3, 0.4) is 0 Å². The SMILES string of the molecule is NC(=S)c1cccc(COc2ccc(CCO)cc2)c1F. The molecular formula is C16H16FNO2S. The highest BCUT2D eigenvalue weighted by Crippen LogP contribution is 2.18. The highest BCUT2D eigenvalue weighted by Gasteiger charge is 2.10. The number of ether oxygens (including phenoxy) is 1. The molecule has 0 aliphatic carbocycles. The smallest absolute Gasteiger partial charge is 0.139 e. The molecule has 0 fully saturated rings. The van der Waals surface area contributed by atoms with Gasteiger partial charge in [-0.25, -0.2) is 4.39 Å². The summed E-state index contributed by atoms with van der Waals surface area (Å²) in [5, 5.41) is 8.85. The average molecular weight is 305 g/mol. The molecule has 0 amide bonds. The lowest BCUT2D eigenvalue weighted by molar-refractivity contribution is 0.296. The van der Waals surface area contributed by atoms with Gasteiger partial charge < -0.3 is 15.6 Å². The normalized spacial score (nSPS) is 10.4. The summed E-state index contributed by atoms with van der Waals surface area (Å²) in [6, 6.07) is 12.2. The van der Waals surface area contributed by atoms with Crippen LogP contribution < -0.4 is 10.5 Å². The summed E-state index contributed by atoms with van der Waals surface area (Å²) < 4.78 is 19.7. The van der Waals surface area contributed by atoms with E-state index in [0.717, 1.165) is 5.56 Å². The molecular weight excluding hydrogens is 289 g/mol. The summed E-state index contributed by atoms with van der Waals surface area (Å²) in [6.07, 6.45) is 0.602. The Morgan fingerprint density at radius 1 is 1.19 bits per heavy atom. The third kappa shape index (κ3) is 4.00. The Bertz CT molecular complexity index is 629. The van der Waals surface area contributed by atoms with Gasteiger partial charge in [-0.2, -0.15) is 0 Å². The predicted octanol–water partition coefficient (Wildman–Crippen LogP) is 2.57. The van der Waals surface area contributed by atoms with Crippen molar-refractivity contribution in [1.29, 1.82) is 0 Å². The maximum atomic E-state index is 14.1. The average Bonchev–Trinajstić information content (AvgIpc) is 2.48. The number of halogens is 1. The van der Waals surface area contributed by atoms with Crippen molar-refractivity contribution in [3.05, 3.63) is 65.0 Å². The lowest BCUT2D eigenvalue weighted by Gasteiger charge is -2.10. The van der Waals surface area contributed by atoms with Crippen LogP contribution >= 0.6 is 12.2 Å². The van der Waals surface area contributed by atoms with E-state index in [-0.39, 0.29) is 23.8 Å². The number of benzene rings is 2. The van der Waals surface area contributed by atoms with Crippen LogP contribution in [0.2, 0.25) is 0 Å². The van der Waals surface area contributed by atoms with Gasteiger partial charge in [-0.05, 0) is 30.2 Å². The van der Waals surface area contributed by atoms with Crippen molar-refractivity contribution in [2.24, 2.45) is 5.73 Å². The topological polar surface area (TPSA) is 55.5 Å². The second-order valence-electron chi connectivity index (χ2n) is 4.55. The summed E-state index contributed by atoms with van der Waals surface area (Å²) in [5.41, 5.74) is 7.11. The Kier molecular flexibility index (Phi) is 5.25. The Hall–Kier alpha value is -1.98. The van der Waals surface area contributed by atoms with Crippen molar-refractivity contribution < 1.29 is 14.2 Å². The van der Waals surface area contributed by atoms with Crippen LogP contribution in [0.4, 0.5) is 4.39 Å². The van der Waals surface area contributed by atoms with E-state index < -0.39 is 5.82 Å². The van der Waals surface area contributed by atoms with Crippen LogP contribution in [0.1, 0.15) is 16.7 Å². The van der Waals surface area contributed by atoms with E-state index in [0.29, 0.717) is 17.7 Å². The Balaban J connectivity index is 2.06. The minimum Gasteiger partial charge on any atom is -0.489 e. The van der Waals surface area contributed by atoms with Crippen molar-refractivity contribution >= 4 is 17.2 Å². The molecule has 3 nitrogen and oxygen atoms in total. The van der Waals surface area contributed by atoms with E-state index in [1.54, 1.807) is 30.3 Å². The van der Waals surface area contributed by atoms with Gasteiger partial charge in [0.1, 0.15) is 23.2 Å². The van der Waals surface area contributed by atoms with Crippen LogP contribution in [0.5, 0.6) is 5.75 Å². The number of hydrogen-bond acceptors (Lipinski definition) is 3. The minimum absolute atomic E-state index is 0.0303. The zero-order valence-corrected chi connectivity index (χ0v) is 12.2. The fraction of sp³-hybridized carbons (Fsp3) is 0.188. The molecule has 5 heteroatoms. The highest BCUT2D eigenvalue weighted by molar-refractivity contribution is 7.80. The zero-order chi connectivity index (χ0) is 15.2. The number of nitrogens with two attached hydrogens (primary N) is 1. The van der Waals surface area contributed by atoms with Gasteiger partial charge in [0.2, 0.25) is 0 Å². The second kappa shape index (κ2) is 7.15. The van der Waals surface area contributed by atoms with Crippen LogP contribution in [0.25, 0.3) is 0 Å². The first-order valence-electron chi connectivity index (χ1n) is 6.51. The third-order valence-corrected chi connectivity index (χ3v) is 3.28. The zero-order valence-electron chi connectivity index (χ0n) is 11.4. The maximum absolute atomic E-state index is 14.1. The van der Waals surface area contributed by atoms with E-state index >= 15 is 0 Å². The van der Waals surface area contributed by atoms with Crippen molar-refractivity contribution in [3.8, 4) is 5.75 Å². The standard InChI is InChI=1S/C16H16FNO2S/c17-15-12(2-1-3-14(15)16(18)21)10-20-13-6-4-11(5-7-13)8-9-19/h1-7,19H,8-10H2,(H2,18,21). The van der Waals surface area contributed by atoms with E-state index in [9.17, 15) is 4.39 Å². The van der Waals surface area contributed by atoms with E-state index in [4.69, 9.17) is 27.8 Å². The minimum atomic E-state index is -0.443. The number of aliphatic hydroxyl groups is 1. The van der Waals surface area contributed by atoms with E-state index in [1.807, 2.05) is 12.1 Å². The lowest BCUT2D eigenvalue weighted by Crippen LogP contribution is -2.13. The highest BCUT2D eigenvalue weighted by atomic mass is 32.1. The second-order valence-corrected chi connectivity index (χ2v) is 4.99. The van der Waals surface area contributed by atoms with Gasteiger partial charge in [0.25, 0.3) is 0 Å². The van der Waals surface area contributed by atoms with Gasteiger partial charge in [-0.3, -0.25) is 0 Å². The van der Waals surface area contributed by atoms with Crippen molar-refractivity contribution in [3.63, 3.8) is 0 Å². The molecule has 0 radical (unpaired) electrons. The first kappa shape index (κ1) is 15.4. The van der Waals surface area contributed by atoms with Gasteiger partial charge in [-0.15, -0.1) is 0 Å². The summed E-state index contributed by atoms with van der Waals surface area (Å²) in [4.78, 5) is 0.0303. The van der Waals surface area contributed by atoms with E-state index in [2.05, 4.69) is 0 Å². The molecule has 0 aliphatic rings. The third-order valence-electron chi connectivity index (χ3n) is 3.06. The van der Waals surface area contributed by atoms with Gasteiger partial charge in [-0.1, -0.05) is 36.5 Å². The summed E-state index contributed by atoms with van der Waals surface area (Å²) >= 11 is 4.80. The Morgan fingerprint density at radius 2 is 1.90 bits per heavy atom. The number of thiocarbonyl (C=S) groups is 1. The summed E-state index contributed by atoms with van der Waals surface area (Å²) in [6.45, 7) is 0.207. The summed E-state index contributed by atoms with van der Waals surface area (Å²) in [7, 11) is 0.